The molecule has 0 spiro atoms. The van der Waals surface area contributed by atoms with E-state index in [1.165, 1.54) is 13.3 Å². The maximum absolute atomic E-state index is 13.0. The first-order valence-corrected chi connectivity index (χ1v) is 10.5. The van der Waals surface area contributed by atoms with Crippen molar-refractivity contribution in [2.75, 3.05) is 12.0 Å². The zero-order chi connectivity index (χ0) is 24.7. The summed E-state index contributed by atoms with van der Waals surface area (Å²) in [6.45, 7) is 17.9. The number of imide groups is 1. The molecule has 1 aliphatic heterocycles. The van der Waals surface area contributed by atoms with Crippen LogP contribution in [-0.2, 0) is 18.8 Å². The highest BCUT2D eigenvalue weighted by atomic mass is 16.7. The number of hydrogen-bond acceptors (Lipinski definition) is 8. The summed E-state index contributed by atoms with van der Waals surface area (Å²) in [5.74, 6) is 0.0610. The van der Waals surface area contributed by atoms with Crippen LogP contribution < -0.4 is 15.1 Å². The molecular formula is C22H35BN2O7. The maximum atomic E-state index is 13.0. The second-order valence-electron chi connectivity index (χ2n) is 10.6. The van der Waals surface area contributed by atoms with Gasteiger partial charge in [0.05, 0.1) is 18.3 Å². The van der Waals surface area contributed by atoms with Crippen LogP contribution in [0, 0.1) is 0 Å². The summed E-state index contributed by atoms with van der Waals surface area (Å²) in [5, 5.41) is 0. The minimum atomic E-state index is -0.941. The van der Waals surface area contributed by atoms with Gasteiger partial charge >= 0.3 is 19.3 Å². The van der Waals surface area contributed by atoms with E-state index in [0.29, 0.717) is 5.46 Å². The molecule has 0 N–H and O–H groups in total. The molecule has 9 nitrogen and oxygen atoms in total. The average Bonchev–Trinajstić information content (AvgIpc) is 2.79. The van der Waals surface area contributed by atoms with Gasteiger partial charge in [0, 0.05) is 11.7 Å². The molecular weight excluding hydrogens is 415 g/mol. The Bertz CT molecular complexity index is 828. The molecule has 1 aromatic heterocycles. The maximum Gasteiger partial charge on any atom is 0.498 e. The Balaban J connectivity index is 2.58. The Kier molecular flexibility index (Phi) is 6.93. The first-order valence-electron chi connectivity index (χ1n) is 10.5. The lowest BCUT2D eigenvalue weighted by molar-refractivity contribution is 0.00578. The largest absolute Gasteiger partial charge is 0.498 e. The highest BCUT2D eigenvalue weighted by molar-refractivity contribution is 6.63. The molecule has 0 radical (unpaired) electrons. The summed E-state index contributed by atoms with van der Waals surface area (Å²) in [6, 6.07) is 1.66. The van der Waals surface area contributed by atoms with Gasteiger partial charge in [-0.05, 0) is 75.3 Å². The molecule has 1 aliphatic rings. The topological polar surface area (TPSA) is 96.4 Å². The van der Waals surface area contributed by atoms with E-state index < -0.39 is 41.7 Å². The van der Waals surface area contributed by atoms with Crippen LogP contribution in [0.1, 0.15) is 69.2 Å². The first kappa shape index (κ1) is 25.9. The van der Waals surface area contributed by atoms with Gasteiger partial charge in [0.1, 0.15) is 11.2 Å². The fraction of sp³-hybridized carbons (Fsp3) is 0.682. The van der Waals surface area contributed by atoms with Gasteiger partial charge in [-0.15, -0.1) is 0 Å². The number of aromatic nitrogens is 1. The van der Waals surface area contributed by atoms with E-state index in [9.17, 15) is 9.59 Å². The monoisotopic (exact) mass is 450 g/mol. The third-order valence-electron chi connectivity index (χ3n) is 4.99. The Morgan fingerprint density at radius 2 is 1.38 bits per heavy atom. The summed E-state index contributed by atoms with van der Waals surface area (Å²) in [6.07, 6.45) is -0.438. The van der Waals surface area contributed by atoms with E-state index in [4.69, 9.17) is 23.5 Å². The van der Waals surface area contributed by atoms with Gasteiger partial charge in [0.15, 0.2) is 11.6 Å². The molecule has 0 atom stereocenters. The van der Waals surface area contributed by atoms with E-state index in [1.807, 2.05) is 27.7 Å². The normalized spacial score (nSPS) is 17.7. The number of methoxy groups -OCH3 is 1. The van der Waals surface area contributed by atoms with Crippen LogP contribution >= 0.6 is 0 Å². The minimum Gasteiger partial charge on any atom is -0.493 e. The van der Waals surface area contributed by atoms with E-state index in [2.05, 4.69) is 4.98 Å². The fourth-order valence-electron chi connectivity index (χ4n) is 2.84. The molecule has 32 heavy (non-hydrogen) atoms. The number of carbonyl (C=O) groups excluding carboxylic acids is 2. The van der Waals surface area contributed by atoms with Gasteiger partial charge in [0.25, 0.3) is 0 Å². The molecule has 10 heteroatoms. The molecule has 2 rings (SSSR count). The smallest absolute Gasteiger partial charge is 0.493 e. The Morgan fingerprint density at radius 3 is 1.75 bits per heavy atom. The van der Waals surface area contributed by atoms with Crippen LogP contribution in [-0.4, -0.2) is 53.8 Å². The lowest BCUT2D eigenvalue weighted by Gasteiger charge is -2.32. The van der Waals surface area contributed by atoms with Crippen molar-refractivity contribution in [3.05, 3.63) is 12.3 Å². The number of rotatable bonds is 3. The van der Waals surface area contributed by atoms with Gasteiger partial charge in [0.2, 0.25) is 0 Å². The Labute approximate surface area is 190 Å². The van der Waals surface area contributed by atoms with E-state index >= 15 is 0 Å². The van der Waals surface area contributed by atoms with Crippen molar-refractivity contribution in [1.82, 2.24) is 4.98 Å². The number of pyridine rings is 1. The summed E-state index contributed by atoms with van der Waals surface area (Å²) in [7, 11) is 0.619. The van der Waals surface area contributed by atoms with Gasteiger partial charge < -0.3 is 23.5 Å². The standard InChI is InChI=1S/C22H35BN2O7/c1-19(2,3)29-17(26)25(18(27)30-20(4,5)6)16-15(28-11)14(12-13-24-16)23-31-21(7,8)22(9,10)32-23/h12-13H,1-11H3. The lowest BCUT2D eigenvalue weighted by Crippen LogP contribution is -2.45. The van der Waals surface area contributed by atoms with Crippen molar-refractivity contribution in [2.45, 2.75) is 91.6 Å². The van der Waals surface area contributed by atoms with E-state index in [1.54, 1.807) is 47.6 Å². The Hall–Kier alpha value is -2.33. The highest BCUT2D eigenvalue weighted by Crippen LogP contribution is 2.38. The predicted octanol–water partition coefficient (Wildman–Crippen LogP) is 4.07. The number of hydrogen-bond donors (Lipinski definition) is 0. The van der Waals surface area contributed by atoms with Crippen molar-refractivity contribution < 1.29 is 33.1 Å². The van der Waals surface area contributed by atoms with E-state index in [-0.39, 0.29) is 11.6 Å². The van der Waals surface area contributed by atoms with Crippen LogP contribution in [0.2, 0.25) is 0 Å². The summed E-state index contributed by atoms with van der Waals surface area (Å²) in [5.41, 5.74) is -2.42. The van der Waals surface area contributed by atoms with Crippen LogP contribution in [0.4, 0.5) is 15.4 Å². The van der Waals surface area contributed by atoms with Crippen molar-refractivity contribution in [3.8, 4) is 5.75 Å². The van der Waals surface area contributed by atoms with Crippen LogP contribution in [0.25, 0.3) is 0 Å². The van der Waals surface area contributed by atoms with Crippen molar-refractivity contribution in [3.63, 3.8) is 0 Å². The van der Waals surface area contributed by atoms with Gasteiger partial charge in [-0.1, -0.05) is 0 Å². The second-order valence-corrected chi connectivity index (χ2v) is 10.6. The van der Waals surface area contributed by atoms with Gasteiger partial charge in [-0.25, -0.2) is 14.6 Å². The molecule has 0 saturated carbocycles. The molecule has 2 amide bonds. The number of anilines is 1. The third kappa shape index (κ3) is 5.72. The highest BCUT2D eigenvalue weighted by Gasteiger charge is 2.53. The fourth-order valence-corrected chi connectivity index (χ4v) is 2.84. The lowest BCUT2D eigenvalue weighted by atomic mass is 9.78. The summed E-state index contributed by atoms with van der Waals surface area (Å²) in [4.78, 5) is 31.0. The molecule has 178 valence electrons. The first-order chi connectivity index (χ1) is 14.4. The minimum absolute atomic E-state index is 0.0804. The Morgan fingerprint density at radius 1 is 0.938 bits per heavy atom. The van der Waals surface area contributed by atoms with Gasteiger partial charge in [-0.2, -0.15) is 4.90 Å². The molecule has 0 aliphatic carbocycles. The predicted molar refractivity (Wildman–Crippen MR) is 121 cm³/mol. The van der Waals surface area contributed by atoms with Crippen LogP contribution in [0.5, 0.6) is 5.75 Å². The summed E-state index contributed by atoms with van der Waals surface area (Å²) >= 11 is 0. The van der Waals surface area contributed by atoms with Crippen molar-refractivity contribution in [1.29, 1.82) is 0 Å². The molecule has 0 aromatic carbocycles. The average molecular weight is 450 g/mol. The zero-order valence-corrected chi connectivity index (χ0v) is 21.0. The summed E-state index contributed by atoms with van der Waals surface area (Å²) < 4.78 is 28.7. The quantitative estimate of drug-likeness (QED) is 0.636. The third-order valence-corrected chi connectivity index (χ3v) is 4.99. The molecule has 0 bridgehead atoms. The van der Waals surface area contributed by atoms with E-state index in [0.717, 1.165) is 4.90 Å². The molecule has 2 heterocycles. The van der Waals surface area contributed by atoms with Crippen molar-refractivity contribution in [2.24, 2.45) is 0 Å². The molecule has 1 saturated heterocycles. The number of ether oxygens (including phenoxy) is 3. The van der Waals surface area contributed by atoms with Crippen LogP contribution in [0.3, 0.4) is 0 Å². The SMILES string of the molecule is COc1c(B2OC(C)(C)C(C)(C)O2)ccnc1N(C(=O)OC(C)(C)C)C(=O)OC(C)(C)C. The van der Waals surface area contributed by atoms with Crippen LogP contribution in [0.15, 0.2) is 12.3 Å². The number of carbonyl (C=O) groups is 2. The van der Waals surface area contributed by atoms with Gasteiger partial charge in [-0.3, -0.25) is 0 Å². The molecule has 1 aromatic rings. The second kappa shape index (κ2) is 8.55. The molecule has 0 unspecified atom stereocenters. The molecule has 1 fully saturated rings. The number of amides is 2. The van der Waals surface area contributed by atoms with Crippen molar-refractivity contribution >= 4 is 30.6 Å². The zero-order valence-electron chi connectivity index (χ0n) is 21.0. The number of nitrogens with zero attached hydrogens (tertiary/aromatic N) is 2.